The Morgan fingerprint density at radius 2 is 2.08 bits per heavy atom. The third-order valence-electron chi connectivity index (χ3n) is 5.12. The summed E-state index contributed by atoms with van der Waals surface area (Å²) in [6.07, 6.45) is 5.79. The van der Waals surface area contributed by atoms with E-state index in [2.05, 4.69) is 35.3 Å². The molecule has 24 heavy (non-hydrogen) atoms. The third-order valence-corrected chi connectivity index (χ3v) is 6.17. The Hall–Kier alpha value is -1.66. The van der Waals surface area contributed by atoms with Gasteiger partial charge in [0, 0.05) is 6.61 Å². The second-order valence-electron chi connectivity index (χ2n) is 6.74. The van der Waals surface area contributed by atoms with Crippen molar-refractivity contribution in [3.05, 3.63) is 40.7 Å². The maximum Gasteiger partial charge on any atom is 0.212 e. The van der Waals surface area contributed by atoms with E-state index < -0.39 is 0 Å². The Morgan fingerprint density at radius 1 is 1.17 bits per heavy atom. The highest BCUT2D eigenvalue weighted by molar-refractivity contribution is 8.00. The van der Waals surface area contributed by atoms with E-state index in [1.165, 1.54) is 36.0 Å². The number of hydrogen-bond donors (Lipinski definition) is 0. The standard InChI is InChI=1S/C18H20N4OS/c1-11-16(14-8-7-12-4-2-5-13(12)10-14)21-22-17(15-6-3-9-23-15)19-20-18(22)24-11/h7-8,10-11,15H,2-6,9H2,1H3/t11-,15-/m0/s1. The van der Waals surface area contributed by atoms with Gasteiger partial charge in [0.25, 0.3) is 0 Å². The molecule has 0 amide bonds. The number of aromatic nitrogens is 3. The highest BCUT2D eigenvalue weighted by Gasteiger charge is 2.30. The quantitative estimate of drug-likeness (QED) is 0.841. The van der Waals surface area contributed by atoms with Crippen molar-refractivity contribution in [3.8, 4) is 0 Å². The van der Waals surface area contributed by atoms with Crippen LogP contribution in [-0.2, 0) is 17.6 Å². The fraction of sp³-hybridized carbons (Fsp3) is 0.500. The van der Waals surface area contributed by atoms with Crippen LogP contribution in [0, 0.1) is 0 Å². The highest BCUT2D eigenvalue weighted by Crippen LogP contribution is 2.35. The van der Waals surface area contributed by atoms with Gasteiger partial charge >= 0.3 is 0 Å². The molecule has 1 fully saturated rings. The molecule has 2 aliphatic heterocycles. The second kappa shape index (κ2) is 5.70. The number of benzene rings is 1. The molecule has 1 aliphatic carbocycles. The monoisotopic (exact) mass is 340 g/mol. The van der Waals surface area contributed by atoms with Crippen LogP contribution in [-0.4, -0.2) is 32.4 Å². The Morgan fingerprint density at radius 3 is 2.96 bits per heavy atom. The van der Waals surface area contributed by atoms with Gasteiger partial charge in [0.2, 0.25) is 5.16 Å². The van der Waals surface area contributed by atoms with E-state index in [1.54, 1.807) is 11.8 Å². The van der Waals surface area contributed by atoms with Crippen LogP contribution in [0.4, 0.5) is 0 Å². The van der Waals surface area contributed by atoms with Crippen LogP contribution in [0.25, 0.3) is 0 Å². The van der Waals surface area contributed by atoms with Gasteiger partial charge in [-0.3, -0.25) is 0 Å². The summed E-state index contributed by atoms with van der Waals surface area (Å²) in [6.45, 7) is 3.00. The molecule has 0 bridgehead atoms. The van der Waals surface area contributed by atoms with Crippen molar-refractivity contribution < 1.29 is 4.74 Å². The van der Waals surface area contributed by atoms with Gasteiger partial charge in [0.05, 0.1) is 11.0 Å². The predicted molar refractivity (Wildman–Crippen MR) is 93.7 cm³/mol. The zero-order valence-corrected chi connectivity index (χ0v) is 14.6. The zero-order valence-electron chi connectivity index (χ0n) is 13.7. The molecule has 0 saturated carbocycles. The van der Waals surface area contributed by atoms with E-state index in [-0.39, 0.29) is 11.4 Å². The lowest BCUT2D eigenvalue weighted by Gasteiger charge is -2.21. The average Bonchev–Trinajstić information content (AvgIpc) is 3.33. The van der Waals surface area contributed by atoms with Crippen LogP contribution in [0.2, 0.25) is 0 Å². The topological polar surface area (TPSA) is 52.3 Å². The Labute approximate surface area is 145 Å². The van der Waals surface area contributed by atoms with Crippen LogP contribution >= 0.6 is 11.8 Å². The number of rotatable bonds is 2. The van der Waals surface area contributed by atoms with E-state index in [0.29, 0.717) is 0 Å². The minimum absolute atomic E-state index is 0.0327. The number of ether oxygens (including phenoxy) is 1. The molecule has 1 aromatic carbocycles. The van der Waals surface area contributed by atoms with Crippen molar-refractivity contribution >= 4 is 17.5 Å². The fourth-order valence-electron chi connectivity index (χ4n) is 3.85. The molecule has 6 heteroatoms. The van der Waals surface area contributed by atoms with Gasteiger partial charge in [-0.1, -0.05) is 23.9 Å². The van der Waals surface area contributed by atoms with Crippen LogP contribution in [0.5, 0.6) is 0 Å². The summed E-state index contributed by atoms with van der Waals surface area (Å²) in [5, 5.41) is 14.8. The minimum Gasteiger partial charge on any atom is -0.370 e. The largest absolute Gasteiger partial charge is 0.370 e. The molecular formula is C18H20N4OS. The Bertz CT molecular complexity index is 822. The molecule has 0 spiro atoms. The molecule has 2 atom stereocenters. The number of aryl methyl sites for hydroxylation is 2. The smallest absolute Gasteiger partial charge is 0.212 e. The summed E-state index contributed by atoms with van der Waals surface area (Å²) in [5.41, 5.74) is 5.33. The summed E-state index contributed by atoms with van der Waals surface area (Å²) in [5.74, 6) is 0.848. The van der Waals surface area contributed by atoms with Crippen molar-refractivity contribution in [2.45, 2.75) is 55.5 Å². The first-order valence-corrected chi connectivity index (χ1v) is 9.62. The van der Waals surface area contributed by atoms with Crippen LogP contribution in [0.3, 0.4) is 0 Å². The first kappa shape index (κ1) is 14.7. The molecule has 1 saturated heterocycles. The molecule has 3 aliphatic rings. The predicted octanol–water partition coefficient (Wildman–Crippen LogP) is 3.36. The zero-order chi connectivity index (χ0) is 16.1. The second-order valence-corrected chi connectivity index (χ2v) is 8.04. The Kier molecular flexibility index (Phi) is 3.49. The summed E-state index contributed by atoms with van der Waals surface area (Å²) >= 11 is 1.73. The summed E-state index contributed by atoms with van der Waals surface area (Å²) < 4.78 is 7.70. The molecule has 124 valence electrons. The van der Waals surface area contributed by atoms with E-state index in [0.717, 1.165) is 36.1 Å². The van der Waals surface area contributed by atoms with Crippen molar-refractivity contribution in [2.75, 3.05) is 6.61 Å². The maximum atomic E-state index is 5.79. The maximum absolute atomic E-state index is 5.79. The fourth-order valence-corrected chi connectivity index (χ4v) is 4.79. The summed E-state index contributed by atoms with van der Waals surface area (Å²) in [4.78, 5) is 0. The lowest BCUT2D eigenvalue weighted by atomic mass is 10.0. The molecule has 0 N–H and O–H groups in total. The van der Waals surface area contributed by atoms with Gasteiger partial charge in [0.15, 0.2) is 5.82 Å². The van der Waals surface area contributed by atoms with Gasteiger partial charge in [-0.25, -0.2) is 0 Å². The van der Waals surface area contributed by atoms with E-state index in [4.69, 9.17) is 9.84 Å². The van der Waals surface area contributed by atoms with E-state index in [9.17, 15) is 0 Å². The summed E-state index contributed by atoms with van der Waals surface area (Å²) in [7, 11) is 0. The molecule has 2 aromatic rings. The Balaban J connectivity index is 1.57. The third kappa shape index (κ3) is 2.31. The van der Waals surface area contributed by atoms with Gasteiger partial charge in [-0.15, -0.1) is 10.2 Å². The average molecular weight is 340 g/mol. The number of thioether (sulfide) groups is 1. The number of nitrogens with zero attached hydrogens (tertiary/aromatic N) is 4. The molecular weight excluding hydrogens is 320 g/mol. The molecule has 0 unspecified atom stereocenters. The van der Waals surface area contributed by atoms with E-state index in [1.807, 2.05) is 4.68 Å². The van der Waals surface area contributed by atoms with Crippen molar-refractivity contribution in [3.63, 3.8) is 0 Å². The molecule has 5 rings (SSSR count). The van der Waals surface area contributed by atoms with Gasteiger partial charge in [-0.2, -0.15) is 9.78 Å². The molecule has 0 radical (unpaired) electrons. The van der Waals surface area contributed by atoms with Gasteiger partial charge < -0.3 is 4.74 Å². The van der Waals surface area contributed by atoms with Crippen molar-refractivity contribution in [2.24, 2.45) is 5.10 Å². The SMILES string of the molecule is C[C@@H]1Sc2nnc([C@@H]3CCCO3)n2N=C1c1ccc2c(c1)CCC2. The number of fused-ring (bicyclic) bond motifs is 2. The lowest BCUT2D eigenvalue weighted by Crippen LogP contribution is -2.23. The van der Waals surface area contributed by atoms with Gasteiger partial charge in [0.1, 0.15) is 6.10 Å². The first-order chi connectivity index (χ1) is 11.8. The summed E-state index contributed by atoms with van der Waals surface area (Å²) in [6, 6.07) is 6.83. The van der Waals surface area contributed by atoms with E-state index >= 15 is 0 Å². The van der Waals surface area contributed by atoms with Gasteiger partial charge in [-0.05, 0) is 61.8 Å². The van der Waals surface area contributed by atoms with Crippen molar-refractivity contribution in [1.82, 2.24) is 14.9 Å². The van der Waals surface area contributed by atoms with Crippen molar-refractivity contribution in [1.29, 1.82) is 0 Å². The molecule has 5 nitrogen and oxygen atoms in total. The molecule has 3 heterocycles. The minimum atomic E-state index is 0.0327. The lowest BCUT2D eigenvalue weighted by molar-refractivity contribution is 0.102. The molecule has 1 aromatic heterocycles. The van der Waals surface area contributed by atoms with Crippen LogP contribution in [0.15, 0.2) is 28.5 Å². The normalized spacial score (nSPS) is 25.5. The van der Waals surface area contributed by atoms with Crippen LogP contribution in [0.1, 0.15) is 54.8 Å². The van der Waals surface area contributed by atoms with Crippen LogP contribution < -0.4 is 0 Å². The number of hydrogen-bond acceptors (Lipinski definition) is 5. The first-order valence-electron chi connectivity index (χ1n) is 8.74. The highest BCUT2D eigenvalue weighted by atomic mass is 32.2.